The van der Waals surface area contributed by atoms with Gasteiger partial charge in [-0.2, -0.15) is 0 Å². The minimum atomic E-state index is 0.502. The highest BCUT2D eigenvalue weighted by Crippen LogP contribution is 2.26. The van der Waals surface area contributed by atoms with E-state index in [4.69, 9.17) is 16.0 Å². The van der Waals surface area contributed by atoms with E-state index < -0.39 is 0 Å². The molecular formula is C16H20ClNO. The number of nitrogens with one attached hydrogen (secondary N) is 1. The molecule has 0 aliphatic carbocycles. The Labute approximate surface area is 119 Å². The van der Waals surface area contributed by atoms with Crippen LogP contribution >= 0.6 is 11.6 Å². The highest BCUT2D eigenvalue weighted by atomic mass is 35.5. The van der Waals surface area contributed by atoms with Crippen molar-refractivity contribution in [3.05, 3.63) is 46.7 Å². The van der Waals surface area contributed by atoms with E-state index in [9.17, 15) is 0 Å². The molecule has 3 heteroatoms. The summed E-state index contributed by atoms with van der Waals surface area (Å²) >= 11 is 6.14. The average Bonchev–Trinajstić information content (AvgIpc) is 2.88. The van der Waals surface area contributed by atoms with Crippen molar-refractivity contribution in [1.82, 2.24) is 5.32 Å². The average molecular weight is 278 g/mol. The normalized spacial score (nSPS) is 12.6. The van der Waals surface area contributed by atoms with Crippen LogP contribution in [0.4, 0.5) is 0 Å². The predicted molar refractivity (Wildman–Crippen MR) is 80.5 cm³/mol. The summed E-state index contributed by atoms with van der Waals surface area (Å²) in [4.78, 5) is 0. The van der Waals surface area contributed by atoms with Crippen LogP contribution in [0.3, 0.4) is 0 Å². The van der Waals surface area contributed by atoms with Crippen molar-refractivity contribution in [2.45, 2.75) is 39.8 Å². The van der Waals surface area contributed by atoms with Gasteiger partial charge in [0, 0.05) is 16.6 Å². The second-order valence-electron chi connectivity index (χ2n) is 4.92. The molecule has 1 atom stereocenters. The fourth-order valence-electron chi connectivity index (χ4n) is 1.79. The zero-order valence-corrected chi connectivity index (χ0v) is 12.4. The van der Waals surface area contributed by atoms with E-state index >= 15 is 0 Å². The summed E-state index contributed by atoms with van der Waals surface area (Å²) < 4.78 is 5.84. The molecule has 0 aliphatic rings. The quantitative estimate of drug-likeness (QED) is 0.849. The van der Waals surface area contributed by atoms with E-state index in [1.807, 2.05) is 37.3 Å². The molecule has 1 aromatic heterocycles. The predicted octanol–water partition coefficient (Wildman–Crippen LogP) is 4.80. The van der Waals surface area contributed by atoms with Gasteiger partial charge in [0.15, 0.2) is 0 Å². The van der Waals surface area contributed by atoms with Gasteiger partial charge in [-0.3, -0.25) is 0 Å². The first-order valence-electron chi connectivity index (χ1n) is 6.68. The summed E-state index contributed by atoms with van der Waals surface area (Å²) in [5.74, 6) is 1.81. The number of hydrogen-bond acceptors (Lipinski definition) is 2. The molecule has 0 bridgehead atoms. The second-order valence-corrected chi connectivity index (χ2v) is 5.33. The van der Waals surface area contributed by atoms with Crippen LogP contribution in [-0.4, -0.2) is 6.04 Å². The first-order chi connectivity index (χ1) is 9.10. The first kappa shape index (κ1) is 14.2. The number of hydrogen-bond donors (Lipinski definition) is 1. The molecular weight excluding hydrogens is 258 g/mol. The smallest absolute Gasteiger partial charge is 0.134 e. The minimum Gasteiger partial charge on any atom is -0.460 e. The largest absolute Gasteiger partial charge is 0.460 e. The van der Waals surface area contributed by atoms with Crippen LogP contribution < -0.4 is 5.32 Å². The van der Waals surface area contributed by atoms with E-state index in [0.717, 1.165) is 40.6 Å². The molecule has 0 spiro atoms. The molecule has 1 aromatic carbocycles. The van der Waals surface area contributed by atoms with Crippen LogP contribution in [0.5, 0.6) is 0 Å². The van der Waals surface area contributed by atoms with Crippen LogP contribution in [0.25, 0.3) is 11.3 Å². The van der Waals surface area contributed by atoms with Crippen molar-refractivity contribution in [3.63, 3.8) is 0 Å². The third kappa shape index (κ3) is 3.62. The lowest BCUT2D eigenvalue weighted by atomic mass is 10.1. The van der Waals surface area contributed by atoms with Gasteiger partial charge in [0.1, 0.15) is 11.5 Å². The molecule has 19 heavy (non-hydrogen) atoms. The number of halogens is 1. The molecule has 0 saturated carbocycles. The summed E-state index contributed by atoms with van der Waals surface area (Å²) in [6.07, 6.45) is 1.11. The van der Waals surface area contributed by atoms with Crippen molar-refractivity contribution in [3.8, 4) is 11.3 Å². The van der Waals surface area contributed by atoms with Crippen molar-refractivity contribution in [2.24, 2.45) is 0 Å². The molecule has 2 nitrogen and oxygen atoms in total. The van der Waals surface area contributed by atoms with Crippen LogP contribution in [-0.2, 0) is 6.54 Å². The van der Waals surface area contributed by atoms with Crippen molar-refractivity contribution < 1.29 is 4.42 Å². The summed E-state index contributed by atoms with van der Waals surface area (Å²) in [6, 6.07) is 10.5. The van der Waals surface area contributed by atoms with Gasteiger partial charge < -0.3 is 9.73 Å². The first-order valence-corrected chi connectivity index (χ1v) is 7.06. The van der Waals surface area contributed by atoms with E-state index in [1.54, 1.807) is 0 Å². The van der Waals surface area contributed by atoms with Gasteiger partial charge in [0.05, 0.1) is 6.54 Å². The fraction of sp³-hybridized carbons (Fsp3) is 0.375. The Morgan fingerprint density at radius 1 is 1.26 bits per heavy atom. The van der Waals surface area contributed by atoms with Gasteiger partial charge in [-0.05, 0) is 44.0 Å². The third-order valence-electron chi connectivity index (χ3n) is 3.36. The molecule has 1 heterocycles. The Balaban J connectivity index is 2.09. The fourth-order valence-corrected chi connectivity index (χ4v) is 1.97. The minimum absolute atomic E-state index is 0.502. The Bertz CT molecular complexity index is 547. The van der Waals surface area contributed by atoms with E-state index in [0.29, 0.717) is 6.04 Å². The molecule has 1 N–H and O–H groups in total. The Morgan fingerprint density at radius 2 is 2.05 bits per heavy atom. The van der Waals surface area contributed by atoms with Crippen LogP contribution in [0.15, 0.2) is 34.7 Å². The van der Waals surface area contributed by atoms with Gasteiger partial charge in [0.2, 0.25) is 0 Å². The number of benzene rings is 1. The van der Waals surface area contributed by atoms with E-state index in [-0.39, 0.29) is 0 Å². The van der Waals surface area contributed by atoms with Crippen LogP contribution in [0.1, 0.15) is 31.6 Å². The van der Waals surface area contributed by atoms with Gasteiger partial charge in [-0.25, -0.2) is 0 Å². The van der Waals surface area contributed by atoms with Gasteiger partial charge >= 0.3 is 0 Å². The monoisotopic (exact) mass is 277 g/mol. The number of aryl methyl sites for hydroxylation is 1. The Kier molecular flexibility index (Phi) is 4.67. The maximum absolute atomic E-state index is 6.14. The zero-order valence-electron chi connectivity index (χ0n) is 11.7. The molecule has 2 rings (SSSR count). The van der Waals surface area contributed by atoms with Gasteiger partial charge in [0.25, 0.3) is 0 Å². The maximum Gasteiger partial charge on any atom is 0.134 e. The highest BCUT2D eigenvalue weighted by molar-refractivity contribution is 6.31. The van der Waals surface area contributed by atoms with Crippen molar-refractivity contribution in [1.29, 1.82) is 0 Å². The molecule has 0 fully saturated rings. The third-order valence-corrected chi connectivity index (χ3v) is 3.76. The van der Waals surface area contributed by atoms with Gasteiger partial charge in [-0.1, -0.05) is 30.7 Å². The van der Waals surface area contributed by atoms with Crippen molar-refractivity contribution in [2.75, 3.05) is 0 Å². The van der Waals surface area contributed by atoms with E-state index in [2.05, 4.69) is 19.2 Å². The second kappa shape index (κ2) is 6.27. The van der Waals surface area contributed by atoms with E-state index in [1.165, 1.54) is 0 Å². The number of furan rings is 1. The molecule has 0 aliphatic heterocycles. The van der Waals surface area contributed by atoms with Gasteiger partial charge in [-0.15, -0.1) is 0 Å². The highest BCUT2D eigenvalue weighted by Gasteiger charge is 2.07. The lowest BCUT2D eigenvalue weighted by molar-refractivity contribution is 0.457. The molecule has 0 amide bonds. The molecule has 0 unspecified atom stereocenters. The summed E-state index contributed by atoms with van der Waals surface area (Å²) in [5, 5.41) is 4.19. The SMILES string of the molecule is CC[C@@H](C)NCc1ccc(-c2ccc(C)c(Cl)c2)o1. The maximum atomic E-state index is 6.14. The summed E-state index contributed by atoms with van der Waals surface area (Å²) in [5.41, 5.74) is 2.10. The lowest BCUT2D eigenvalue weighted by Crippen LogP contribution is -2.24. The van der Waals surface area contributed by atoms with Crippen molar-refractivity contribution >= 4 is 11.6 Å². The lowest BCUT2D eigenvalue weighted by Gasteiger charge is -2.09. The Hall–Kier alpha value is -1.25. The Morgan fingerprint density at radius 3 is 2.74 bits per heavy atom. The molecule has 0 saturated heterocycles. The molecule has 0 radical (unpaired) electrons. The molecule has 2 aromatic rings. The summed E-state index contributed by atoms with van der Waals surface area (Å²) in [7, 11) is 0. The summed E-state index contributed by atoms with van der Waals surface area (Å²) in [6.45, 7) is 7.09. The molecule has 102 valence electrons. The number of rotatable bonds is 5. The van der Waals surface area contributed by atoms with Crippen LogP contribution in [0.2, 0.25) is 5.02 Å². The standard InChI is InChI=1S/C16H20ClNO/c1-4-12(3)18-10-14-7-8-16(19-14)13-6-5-11(2)15(17)9-13/h5-9,12,18H,4,10H2,1-3H3/t12-/m1/s1. The van der Waals surface area contributed by atoms with Crippen LogP contribution in [0, 0.1) is 6.92 Å². The topological polar surface area (TPSA) is 25.2 Å². The zero-order chi connectivity index (χ0) is 13.8.